The van der Waals surface area contributed by atoms with Crippen LogP contribution in [0.25, 0.3) is 0 Å². The second-order valence-electron chi connectivity index (χ2n) is 4.57. The van der Waals surface area contributed by atoms with Gasteiger partial charge in [-0.25, -0.2) is 4.99 Å². The number of aliphatic imine (C=N–C) groups is 1. The number of hydrogen-bond acceptors (Lipinski definition) is 5. The molecule has 2 atom stereocenters. The standard InChI is InChI=1S/C12H11N5O3/c18-9-3-2-8(12(20)16-9)15-11(19)7-6-14-17-5-1-4-13-10(7)17/h1,4-6,8,10H,2-3H2,(H-,15,16,18,19,20)/p+1/t8-,10?/m0/s1. The van der Waals surface area contributed by atoms with Crippen LogP contribution in [0.15, 0.2) is 34.2 Å². The molecule has 2 N–H and O–H groups in total. The van der Waals surface area contributed by atoms with Crippen LogP contribution >= 0.6 is 0 Å². The molecule has 0 saturated carbocycles. The lowest BCUT2D eigenvalue weighted by Crippen LogP contribution is -2.53. The van der Waals surface area contributed by atoms with Gasteiger partial charge in [0.2, 0.25) is 18.0 Å². The fourth-order valence-corrected chi connectivity index (χ4v) is 2.18. The van der Waals surface area contributed by atoms with Crippen molar-refractivity contribution in [1.29, 1.82) is 0 Å². The second-order valence-corrected chi connectivity index (χ2v) is 4.57. The van der Waals surface area contributed by atoms with Gasteiger partial charge >= 0.3 is 6.17 Å². The van der Waals surface area contributed by atoms with Crippen molar-refractivity contribution >= 4 is 23.9 Å². The number of carbonyl (C=O) groups excluding carboxylic acids is 3. The molecule has 8 nitrogen and oxygen atoms in total. The Balaban J connectivity index is 1.66. The van der Waals surface area contributed by atoms with E-state index in [-0.39, 0.29) is 12.3 Å². The summed E-state index contributed by atoms with van der Waals surface area (Å²) in [4.78, 5) is 39.0. The van der Waals surface area contributed by atoms with Crippen molar-refractivity contribution in [3.63, 3.8) is 0 Å². The Bertz CT molecular complexity index is 617. The van der Waals surface area contributed by atoms with E-state index in [1.54, 1.807) is 23.2 Å². The summed E-state index contributed by atoms with van der Waals surface area (Å²) >= 11 is 0. The van der Waals surface area contributed by atoms with Gasteiger partial charge in [-0.1, -0.05) is 4.70 Å². The lowest BCUT2D eigenvalue weighted by Gasteiger charge is -2.22. The van der Waals surface area contributed by atoms with E-state index >= 15 is 0 Å². The van der Waals surface area contributed by atoms with Crippen LogP contribution in [0.2, 0.25) is 0 Å². The summed E-state index contributed by atoms with van der Waals surface area (Å²) in [6.45, 7) is 0. The van der Waals surface area contributed by atoms with E-state index in [2.05, 4.69) is 20.7 Å². The average Bonchev–Trinajstić information content (AvgIpc) is 2.86. The Morgan fingerprint density at radius 1 is 1.45 bits per heavy atom. The molecule has 0 aromatic rings. The molecule has 102 valence electrons. The highest BCUT2D eigenvalue weighted by Crippen LogP contribution is 2.19. The van der Waals surface area contributed by atoms with Crippen LogP contribution in [0.4, 0.5) is 0 Å². The molecule has 0 aromatic carbocycles. The van der Waals surface area contributed by atoms with E-state index in [4.69, 9.17) is 0 Å². The number of hydrogen-bond donors (Lipinski definition) is 2. The van der Waals surface area contributed by atoms with Gasteiger partial charge < -0.3 is 5.32 Å². The largest absolute Gasteiger partial charge is 0.340 e. The fraction of sp³-hybridized carbons (Fsp3) is 0.333. The molecule has 8 heteroatoms. The van der Waals surface area contributed by atoms with Crippen LogP contribution in [0.1, 0.15) is 12.8 Å². The van der Waals surface area contributed by atoms with Gasteiger partial charge in [0.1, 0.15) is 17.8 Å². The van der Waals surface area contributed by atoms with Gasteiger partial charge in [0.15, 0.2) is 0 Å². The monoisotopic (exact) mass is 274 g/mol. The fourth-order valence-electron chi connectivity index (χ4n) is 2.18. The Kier molecular flexibility index (Phi) is 2.97. The maximum absolute atomic E-state index is 12.2. The van der Waals surface area contributed by atoms with Crippen molar-refractivity contribution in [2.45, 2.75) is 25.0 Å². The number of fused-ring (bicyclic) bond motifs is 1. The van der Waals surface area contributed by atoms with E-state index in [1.807, 2.05) is 0 Å². The highest BCUT2D eigenvalue weighted by molar-refractivity contribution is 6.03. The van der Waals surface area contributed by atoms with Crippen molar-refractivity contribution < 1.29 is 19.1 Å². The molecule has 3 rings (SSSR count). The van der Waals surface area contributed by atoms with Crippen molar-refractivity contribution in [3.05, 3.63) is 24.0 Å². The number of carbonyl (C=O) groups is 3. The number of nitrogens with zero attached hydrogens (tertiary/aromatic N) is 3. The highest BCUT2D eigenvalue weighted by atomic mass is 16.2. The molecule has 1 fully saturated rings. The molecular weight excluding hydrogens is 262 g/mol. The van der Waals surface area contributed by atoms with Crippen LogP contribution in [0, 0.1) is 0 Å². The minimum absolute atomic E-state index is 0.219. The maximum atomic E-state index is 12.2. The SMILES string of the molecule is O=C1CC[C@H](NC(=O)C2=CN=[N+]3C=CC=NC23)C(=O)N1. The smallest absolute Gasteiger partial charge is 0.309 e. The Morgan fingerprint density at radius 2 is 2.30 bits per heavy atom. The summed E-state index contributed by atoms with van der Waals surface area (Å²) in [5, 5.41) is 8.84. The average molecular weight is 274 g/mol. The summed E-state index contributed by atoms with van der Waals surface area (Å²) in [6, 6.07) is -0.696. The number of piperidine rings is 1. The summed E-state index contributed by atoms with van der Waals surface area (Å²) in [5.41, 5.74) is 0.371. The number of rotatable bonds is 2. The third-order valence-electron chi connectivity index (χ3n) is 3.22. The second kappa shape index (κ2) is 4.80. The molecule has 0 aliphatic carbocycles. The van der Waals surface area contributed by atoms with Crippen molar-refractivity contribution in [3.8, 4) is 0 Å². The zero-order chi connectivity index (χ0) is 14.1. The third-order valence-corrected chi connectivity index (χ3v) is 3.22. The summed E-state index contributed by atoms with van der Waals surface area (Å²) < 4.78 is 1.55. The normalized spacial score (nSPS) is 27.6. The van der Waals surface area contributed by atoms with Gasteiger partial charge in [0.25, 0.3) is 5.91 Å². The molecule has 20 heavy (non-hydrogen) atoms. The van der Waals surface area contributed by atoms with Crippen LogP contribution in [0.3, 0.4) is 0 Å². The zero-order valence-electron chi connectivity index (χ0n) is 10.4. The Morgan fingerprint density at radius 3 is 3.10 bits per heavy atom. The molecule has 3 amide bonds. The minimum Gasteiger partial charge on any atom is -0.340 e. The molecule has 0 radical (unpaired) electrons. The van der Waals surface area contributed by atoms with E-state index in [0.717, 1.165) is 0 Å². The van der Waals surface area contributed by atoms with E-state index in [1.165, 1.54) is 6.20 Å². The molecule has 0 aromatic heterocycles. The summed E-state index contributed by atoms with van der Waals surface area (Å²) in [6.07, 6.45) is 6.49. The summed E-state index contributed by atoms with van der Waals surface area (Å²) in [7, 11) is 0. The van der Waals surface area contributed by atoms with Crippen LogP contribution < -0.4 is 10.6 Å². The number of azo groups is 2. The predicted molar refractivity (Wildman–Crippen MR) is 66.5 cm³/mol. The quantitative estimate of drug-likeness (QED) is 0.508. The summed E-state index contributed by atoms with van der Waals surface area (Å²) in [5.74, 6) is -1.19. The molecular formula is C12H12N5O3+. The molecule has 1 saturated heterocycles. The topological polar surface area (TPSA) is 103 Å². The molecule has 3 aliphatic heterocycles. The molecule has 0 bridgehead atoms. The first-order valence-corrected chi connectivity index (χ1v) is 6.19. The third kappa shape index (κ3) is 2.15. The predicted octanol–water partition coefficient (Wildman–Crippen LogP) is -0.806. The highest BCUT2D eigenvalue weighted by Gasteiger charge is 2.38. The Hall–Kier alpha value is -2.64. The van der Waals surface area contributed by atoms with Crippen LogP contribution in [-0.4, -0.2) is 40.8 Å². The number of allylic oxidation sites excluding steroid dienone is 1. The first-order valence-electron chi connectivity index (χ1n) is 6.19. The van der Waals surface area contributed by atoms with Gasteiger partial charge in [0, 0.05) is 18.7 Å². The minimum atomic E-state index is -0.696. The first kappa shape index (κ1) is 12.4. The van der Waals surface area contributed by atoms with Crippen molar-refractivity contribution in [1.82, 2.24) is 10.6 Å². The van der Waals surface area contributed by atoms with Crippen LogP contribution in [0.5, 0.6) is 0 Å². The zero-order valence-corrected chi connectivity index (χ0v) is 10.4. The van der Waals surface area contributed by atoms with Gasteiger partial charge in [-0.15, -0.1) is 0 Å². The molecule has 1 unspecified atom stereocenters. The van der Waals surface area contributed by atoms with Crippen molar-refractivity contribution in [2.24, 2.45) is 10.1 Å². The number of amides is 3. The van der Waals surface area contributed by atoms with E-state index in [0.29, 0.717) is 12.0 Å². The Labute approximate surface area is 113 Å². The number of nitrogens with one attached hydrogen (secondary N) is 2. The van der Waals surface area contributed by atoms with Gasteiger partial charge in [-0.2, -0.15) is 0 Å². The van der Waals surface area contributed by atoms with Gasteiger partial charge in [-0.05, 0) is 11.5 Å². The van der Waals surface area contributed by atoms with E-state index in [9.17, 15) is 14.4 Å². The number of imide groups is 1. The molecule has 3 heterocycles. The molecule has 3 aliphatic rings. The lowest BCUT2D eigenvalue weighted by atomic mass is 10.1. The van der Waals surface area contributed by atoms with E-state index < -0.39 is 24.0 Å². The maximum Gasteiger partial charge on any atom is 0.309 e. The van der Waals surface area contributed by atoms with Gasteiger partial charge in [-0.3, -0.25) is 19.7 Å². The first-order chi connectivity index (χ1) is 9.65. The molecule has 0 spiro atoms. The lowest BCUT2D eigenvalue weighted by molar-refractivity contribution is -0.546. The van der Waals surface area contributed by atoms with Crippen molar-refractivity contribution in [2.75, 3.05) is 0 Å². The van der Waals surface area contributed by atoms with Gasteiger partial charge in [0.05, 0.1) is 0 Å². The van der Waals surface area contributed by atoms with Crippen LogP contribution in [-0.2, 0) is 14.4 Å².